The Morgan fingerprint density at radius 3 is 1.06 bits per heavy atom. The zero-order valence-corrected chi connectivity index (χ0v) is 40.9. The Morgan fingerprint density at radius 1 is 0.208 bits per heavy atom. The van der Waals surface area contributed by atoms with Crippen LogP contribution in [0.5, 0.6) is 0 Å². The van der Waals surface area contributed by atoms with Crippen LogP contribution in [0.15, 0.2) is 261 Å². The molecule has 0 unspecified atom stereocenters. The monoisotopic (exact) mass is 977 g/mol. The van der Waals surface area contributed by atoms with Crippen molar-refractivity contribution in [3.8, 4) is 61.3 Å². The molecule has 72 heavy (non-hydrogen) atoms. The molecular formula is C70H43NSe. The Labute approximate surface area is 422 Å². The van der Waals surface area contributed by atoms with Gasteiger partial charge >= 0.3 is 343 Å². The predicted octanol–water partition coefficient (Wildman–Crippen LogP) is 19.1. The third-order valence-corrected chi connectivity index (χ3v) is 17.5. The number of fused-ring (bicyclic) bond motifs is 10. The van der Waals surface area contributed by atoms with Gasteiger partial charge in [-0.2, -0.15) is 0 Å². The van der Waals surface area contributed by atoms with Crippen molar-refractivity contribution < 1.29 is 0 Å². The van der Waals surface area contributed by atoms with Gasteiger partial charge in [0.05, 0.1) is 0 Å². The van der Waals surface area contributed by atoms with Crippen molar-refractivity contribution in [3.63, 3.8) is 0 Å². The molecule has 334 valence electrons. The molecule has 0 aliphatic carbocycles. The van der Waals surface area contributed by atoms with Crippen molar-refractivity contribution in [1.82, 2.24) is 4.57 Å². The van der Waals surface area contributed by atoms with Crippen LogP contribution in [0.3, 0.4) is 0 Å². The van der Waals surface area contributed by atoms with Gasteiger partial charge in [-0.05, 0) is 22.3 Å². The molecule has 0 aliphatic heterocycles. The molecule has 0 aliphatic rings. The second-order valence-electron chi connectivity index (χ2n) is 19.1. The second-order valence-corrected chi connectivity index (χ2v) is 21.4. The summed E-state index contributed by atoms with van der Waals surface area (Å²) in [5.74, 6) is 0. The van der Waals surface area contributed by atoms with Crippen LogP contribution < -0.4 is 0 Å². The fourth-order valence-electron chi connectivity index (χ4n) is 12.0. The summed E-state index contributed by atoms with van der Waals surface area (Å²) in [5.41, 5.74) is 16.1. The van der Waals surface area contributed by atoms with E-state index >= 15 is 0 Å². The quantitative estimate of drug-likeness (QED) is 0.116. The largest absolute Gasteiger partial charge is 0.0617 e. The van der Waals surface area contributed by atoms with Gasteiger partial charge in [0.2, 0.25) is 0 Å². The zero-order valence-electron chi connectivity index (χ0n) is 39.2. The minimum absolute atomic E-state index is 0.167. The van der Waals surface area contributed by atoms with Crippen molar-refractivity contribution in [2.45, 2.75) is 0 Å². The maximum atomic E-state index is 2.54. The van der Waals surface area contributed by atoms with Crippen molar-refractivity contribution in [3.05, 3.63) is 261 Å². The summed E-state index contributed by atoms with van der Waals surface area (Å²) >= 11 is 0.167. The molecule has 0 bridgehead atoms. The molecule has 0 fully saturated rings. The minimum Gasteiger partial charge on any atom is -0.0617 e. The molecule has 0 radical (unpaired) electrons. The van der Waals surface area contributed by atoms with Crippen molar-refractivity contribution in [2.75, 3.05) is 0 Å². The van der Waals surface area contributed by atoms with E-state index < -0.39 is 0 Å². The topological polar surface area (TPSA) is 4.93 Å². The third-order valence-electron chi connectivity index (χ3n) is 15.1. The zero-order chi connectivity index (χ0) is 47.3. The molecule has 13 aromatic carbocycles. The fraction of sp³-hybridized carbons (Fsp3) is 0. The first-order chi connectivity index (χ1) is 35.7. The number of nitrogens with zero attached hydrogens (tertiary/aromatic N) is 1. The van der Waals surface area contributed by atoms with Crippen molar-refractivity contribution >= 4 is 98.7 Å². The maximum Gasteiger partial charge on any atom is -0.0544 e. The molecule has 0 saturated heterocycles. The smallest absolute Gasteiger partial charge is 0.0544 e. The number of aromatic nitrogens is 1. The van der Waals surface area contributed by atoms with Crippen LogP contribution in [-0.2, 0) is 0 Å². The van der Waals surface area contributed by atoms with Gasteiger partial charge in [-0.3, -0.25) is 0 Å². The first-order valence-electron chi connectivity index (χ1n) is 24.8. The SMILES string of the molecule is c1ccc(-c2ccc3c(c2)c2cc(-c4ccccc4)ccc2n3-c2c3ccccc3c(-c3ccc4[se]c5cc(-c6c7ccccc7c(-c7ccccc7)c7ccccc67)ccc5c4c3)c3ccccc23)cc1. The van der Waals surface area contributed by atoms with Crippen LogP contribution in [0.2, 0.25) is 0 Å². The van der Waals surface area contributed by atoms with Crippen LogP contribution in [0, 0.1) is 0 Å². The van der Waals surface area contributed by atoms with Gasteiger partial charge in [-0.25, -0.2) is 0 Å². The standard InChI is InChI=1S/C70H43NSe/c1-4-18-44(19-5-1)47-33-37-63-60(40-47)61-41-48(45-20-6-2-7-21-45)34-38-64(61)71(63)70-58-30-16-14-28-56(58)68(57-29-15-17-31-59(57)70)49-35-39-65-62(42-49)51-36-32-50(43-66(51)72-65)69-54-26-12-10-24-52(54)67(46-22-8-3-9-23-46)53-25-11-13-27-55(53)69/h1-43H. The van der Waals surface area contributed by atoms with E-state index in [1.165, 1.54) is 146 Å². The molecule has 0 atom stereocenters. The Bertz CT molecular complexity index is 4450. The summed E-state index contributed by atoms with van der Waals surface area (Å²) in [7, 11) is 0. The number of hydrogen-bond acceptors (Lipinski definition) is 0. The molecule has 0 N–H and O–H groups in total. The molecule has 15 aromatic rings. The fourth-order valence-corrected chi connectivity index (χ4v) is 14.3. The Balaban J connectivity index is 0.927. The molecule has 0 spiro atoms. The molecular weight excluding hydrogens is 934 g/mol. The average Bonchev–Trinajstić information content (AvgIpc) is 3.98. The summed E-state index contributed by atoms with van der Waals surface area (Å²) in [6.45, 7) is 0. The van der Waals surface area contributed by atoms with Gasteiger partial charge in [0.1, 0.15) is 0 Å². The van der Waals surface area contributed by atoms with Gasteiger partial charge in [0.25, 0.3) is 0 Å². The van der Waals surface area contributed by atoms with Crippen LogP contribution in [0.25, 0.3) is 146 Å². The van der Waals surface area contributed by atoms with E-state index in [4.69, 9.17) is 0 Å². The predicted molar refractivity (Wildman–Crippen MR) is 310 cm³/mol. The van der Waals surface area contributed by atoms with E-state index in [0.29, 0.717) is 0 Å². The molecule has 2 heterocycles. The number of benzene rings is 13. The van der Waals surface area contributed by atoms with E-state index in [2.05, 4.69) is 265 Å². The Morgan fingerprint density at radius 2 is 0.569 bits per heavy atom. The first-order valence-corrected chi connectivity index (χ1v) is 26.5. The van der Waals surface area contributed by atoms with Gasteiger partial charge in [0.15, 0.2) is 0 Å². The normalized spacial score (nSPS) is 11.9. The van der Waals surface area contributed by atoms with Gasteiger partial charge < -0.3 is 0 Å². The molecule has 15 rings (SSSR count). The van der Waals surface area contributed by atoms with Crippen molar-refractivity contribution in [1.29, 1.82) is 0 Å². The van der Waals surface area contributed by atoms with Crippen LogP contribution in [0.4, 0.5) is 0 Å². The van der Waals surface area contributed by atoms with Gasteiger partial charge in [0, 0.05) is 0 Å². The van der Waals surface area contributed by atoms with Crippen LogP contribution in [-0.4, -0.2) is 19.1 Å². The minimum atomic E-state index is 0.167. The molecule has 0 amide bonds. The summed E-state index contributed by atoms with van der Waals surface area (Å²) in [6.07, 6.45) is 0. The van der Waals surface area contributed by atoms with E-state index in [9.17, 15) is 0 Å². The van der Waals surface area contributed by atoms with Crippen molar-refractivity contribution in [2.24, 2.45) is 0 Å². The number of rotatable bonds is 6. The summed E-state index contributed by atoms with van der Waals surface area (Å²) < 4.78 is 5.42. The van der Waals surface area contributed by atoms with E-state index in [1.807, 2.05) is 0 Å². The summed E-state index contributed by atoms with van der Waals surface area (Å²) in [6, 6.07) is 97.2. The maximum absolute atomic E-state index is 2.54. The summed E-state index contributed by atoms with van der Waals surface area (Å²) in [5, 5.41) is 15.3. The van der Waals surface area contributed by atoms with Gasteiger partial charge in [-0.1, -0.05) is 60.7 Å². The third kappa shape index (κ3) is 6.33. The van der Waals surface area contributed by atoms with Gasteiger partial charge in [-0.15, -0.1) is 0 Å². The van der Waals surface area contributed by atoms with E-state index in [0.717, 1.165) is 0 Å². The number of hydrogen-bond donors (Lipinski definition) is 0. The Hall–Kier alpha value is -8.78. The summed E-state index contributed by atoms with van der Waals surface area (Å²) in [4.78, 5) is 0. The van der Waals surface area contributed by atoms with Crippen LogP contribution >= 0.6 is 0 Å². The molecule has 2 heteroatoms. The van der Waals surface area contributed by atoms with E-state index in [-0.39, 0.29) is 14.5 Å². The second kappa shape index (κ2) is 16.4. The Kier molecular flexibility index (Phi) is 9.35. The van der Waals surface area contributed by atoms with Crippen LogP contribution in [0.1, 0.15) is 0 Å². The molecule has 2 aromatic heterocycles. The molecule has 1 nitrogen and oxygen atoms in total. The molecule has 0 saturated carbocycles. The van der Waals surface area contributed by atoms with E-state index in [1.54, 1.807) is 0 Å². The first kappa shape index (κ1) is 41.0. The average molecular weight is 977 g/mol.